The summed E-state index contributed by atoms with van der Waals surface area (Å²) in [5, 5.41) is 4.65. The van der Waals surface area contributed by atoms with Crippen LogP contribution in [0.2, 0.25) is 5.02 Å². The van der Waals surface area contributed by atoms with E-state index in [2.05, 4.69) is 69.2 Å². The van der Waals surface area contributed by atoms with Gasteiger partial charge >= 0.3 is 0 Å². The Balaban J connectivity index is 1.64. The molecule has 132 valence electrons. The van der Waals surface area contributed by atoms with Crippen LogP contribution in [0.1, 0.15) is 12.5 Å². The van der Waals surface area contributed by atoms with E-state index >= 15 is 0 Å². The topological polar surface area (TPSA) is 18.5 Å². The van der Waals surface area contributed by atoms with Gasteiger partial charge in [-0.1, -0.05) is 45.2 Å². The van der Waals surface area contributed by atoms with Crippen LogP contribution in [0.3, 0.4) is 0 Å². The van der Waals surface area contributed by atoms with Crippen LogP contribution < -0.4 is 10.2 Å². The lowest BCUT2D eigenvalue weighted by Crippen LogP contribution is -2.54. The minimum atomic E-state index is 0.386. The van der Waals surface area contributed by atoms with Gasteiger partial charge < -0.3 is 15.1 Å². The monoisotopic (exact) mass is 437 g/mol. The molecule has 1 heterocycles. The van der Waals surface area contributed by atoms with E-state index in [0.29, 0.717) is 11.1 Å². The summed E-state index contributed by atoms with van der Waals surface area (Å²) in [5.74, 6) is 0. The SMILES string of the molecule is Cc1ccc(N2CCN(C(=S)Nc3ccc(Br)cc3Cl)C[C@H]2C)cc1. The molecule has 0 unspecified atom stereocenters. The highest BCUT2D eigenvalue weighted by molar-refractivity contribution is 9.10. The van der Waals surface area contributed by atoms with Crippen molar-refractivity contribution in [2.24, 2.45) is 0 Å². The number of halogens is 2. The average Bonchev–Trinajstić information content (AvgIpc) is 2.58. The van der Waals surface area contributed by atoms with Crippen molar-refractivity contribution in [2.75, 3.05) is 29.9 Å². The fourth-order valence-electron chi connectivity index (χ4n) is 3.05. The number of rotatable bonds is 2. The first-order valence-electron chi connectivity index (χ1n) is 8.28. The van der Waals surface area contributed by atoms with Crippen molar-refractivity contribution in [1.29, 1.82) is 0 Å². The summed E-state index contributed by atoms with van der Waals surface area (Å²) in [5.41, 5.74) is 3.39. The second-order valence-corrected chi connectivity index (χ2v) is 8.09. The Morgan fingerprint density at radius 2 is 1.92 bits per heavy atom. The summed E-state index contributed by atoms with van der Waals surface area (Å²) in [4.78, 5) is 4.65. The number of benzene rings is 2. The lowest BCUT2D eigenvalue weighted by Gasteiger charge is -2.42. The Hall–Kier alpha value is -1.30. The number of nitrogens with zero attached hydrogens (tertiary/aromatic N) is 2. The minimum absolute atomic E-state index is 0.386. The van der Waals surface area contributed by atoms with Crippen molar-refractivity contribution in [2.45, 2.75) is 19.9 Å². The Morgan fingerprint density at radius 3 is 2.56 bits per heavy atom. The highest BCUT2D eigenvalue weighted by Crippen LogP contribution is 2.27. The molecule has 0 amide bonds. The van der Waals surface area contributed by atoms with Crippen LogP contribution in [0.5, 0.6) is 0 Å². The van der Waals surface area contributed by atoms with E-state index < -0.39 is 0 Å². The van der Waals surface area contributed by atoms with Gasteiger partial charge in [0.2, 0.25) is 0 Å². The number of hydrogen-bond donors (Lipinski definition) is 1. The molecule has 3 rings (SSSR count). The summed E-state index contributed by atoms with van der Waals surface area (Å²) in [7, 11) is 0. The Kier molecular flexibility index (Phi) is 5.87. The van der Waals surface area contributed by atoms with Crippen LogP contribution in [0.25, 0.3) is 0 Å². The summed E-state index contributed by atoms with van der Waals surface area (Å²) in [6.07, 6.45) is 0. The molecule has 0 aromatic heterocycles. The first-order chi connectivity index (χ1) is 11.9. The highest BCUT2D eigenvalue weighted by atomic mass is 79.9. The first-order valence-corrected chi connectivity index (χ1v) is 9.86. The van der Waals surface area contributed by atoms with Crippen LogP contribution in [-0.2, 0) is 0 Å². The zero-order chi connectivity index (χ0) is 18.0. The third-order valence-electron chi connectivity index (χ3n) is 4.45. The second kappa shape index (κ2) is 7.94. The fourth-order valence-corrected chi connectivity index (χ4v) is 4.04. The quantitative estimate of drug-likeness (QED) is 0.639. The maximum absolute atomic E-state index is 6.28. The third kappa shape index (κ3) is 4.46. The van der Waals surface area contributed by atoms with Gasteiger partial charge in [-0.3, -0.25) is 0 Å². The van der Waals surface area contributed by atoms with E-state index in [4.69, 9.17) is 23.8 Å². The lowest BCUT2D eigenvalue weighted by molar-refractivity contribution is 0.342. The first kappa shape index (κ1) is 18.5. The molecule has 1 N–H and O–H groups in total. The molecule has 6 heteroatoms. The molecule has 2 aromatic carbocycles. The molecule has 3 nitrogen and oxygen atoms in total. The predicted molar refractivity (Wildman–Crippen MR) is 115 cm³/mol. The normalized spacial score (nSPS) is 17.5. The van der Waals surface area contributed by atoms with Crippen LogP contribution in [0.4, 0.5) is 11.4 Å². The molecule has 25 heavy (non-hydrogen) atoms. The number of nitrogens with one attached hydrogen (secondary N) is 1. The molecule has 1 aliphatic heterocycles. The number of hydrogen-bond acceptors (Lipinski definition) is 2. The Morgan fingerprint density at radius 1 is 1.20 bits per heavy atom. The lowest BCUT2D eigenvalue weighted by atomic mass is 10.1. The van der Waals surface area contributed by atoms with Gasteiger partial charge in [0, 0.05) is 35.8 Å². The number of piperazine rings is 1. The summed E-state index contributed by atoms with van der Waals surface area (Å²) in [6.45, 7) is 7.07. The summed E-state index contributed by atoms with van der Waals surface area (Å²) in [6, 6.07) is 14.9. The fraction of sp³-hybridized carbons (Fsp3) is 0.316. The molecule has 0 bridgehead atoms. The predicted octanol–water partition coefficient (Wildman–Crippen LogP) is 5.32. The average molecular weight is 439 g/mol. The van der Waals surface area contributed by atoms with E-state index in [9.17, 15) is 0 Å². The maximum Gasteiger partial charge on any atom is 0.173 e. The molecule has 1 atom stereocenters. The van der Waals surface area contributed by atoms with Crippen molar-refractivity contribution in [3.8, 4) is 0 Å². The van der Waals surface area contributed by atoms with Gasteiger partial charge in [0.1, 0.15) is 0 Å². The van der Waals surface area contributed by atoms with E-state index in [-0.39, 0.29) is 0 Å². The zero-order valence-corrected chi connectivity index (χ0v) is 17.5. The van der Waals surface area contributed by atoms with E-state index in [1.807, 2.05) is 18.2 Å². The van der Waals surface area contributed by atoms with Crippen LogP contribution in [0.15, 0.2) is 46.9 Å². The van der Waals surface area contributed by atoms with Gasteiger partial charge in [-0.15, -0.1) is 0 Å². The molecule has 0 radical (unpaired) electrons. The van der Waals surface area contributed by atoms with E-state index in [0.717, 1.165) is 34.9 Å². The van der Waals surface area contributed by atoms with Crippen molar-refractivity contribution in [1.82, 2.24) is 4.90 Å². The van der Waals surface area contributed by atoms with E-state index in [1.54, 1.807) is 0 Å². The molecule has 1 aliphatic rings. The molecular formula is C19H21BrClN3S. The molecule has 0 saturated carbocycles. The molecule has 2 aromatic rings. The summed E-state index contributed by atoms with van der Waals surface area (Å²) < 4.78 is 0.953. The largest absolute Gasteiger partial charge is 0.365 e. The van der Waals surface area contributed by atoms with Crippen LogP contribution in [0, 0.1) is 6.92 Å². The summed E-state index contributed by atoms with van der Waals surface area (Å²) >= 11 is 15.3. The van der Waals surface area contributed by atoms with Crippen molar-refractivity contribution >= 4 is 56.2 Å². The van der Waals surface area contributed by atoms with Gasteiger partial charge in [-0.2, -0.15) is 0 Å². The molecular weight excluding hydrogens is 418 g/mol. The number of thiocarbonyl (C=S) groups is 1. The zero-order valence-electron chi connectivity index (χ0n) is 14.3. The van der Waals surface area contributed by atoms with Crippen molar-refractivity contribution < 1.29 is 0 Å². The van der Waals surface area contributed by atoms with Gasteiger partial charge in [-0.05, 0) is 56.4 Å². The molecule has 0 spiro atoms. The number of anilines is 2. The number of aryl methyl sites for hydroxylation is 1. The van der Waals surface area contributed by atoms with Crippen molar-refractivity contribution in [3.63, 3.8) is 0 Å². The molecule has 0 aliphatic carbocycles. The minimum Gasteiger partial charge on any atom is -0.365 e. The van der Waals surface area contributed by atoms with E-state index in [1.165, 1.54) is 11.3 Å². The Labute approximate surface area is 168 Å². The van der Waals surface area contributed by atoms with Gasteiger partial charge in [0.15, 0.2) is 5.11 Å². The second-order valence-electron chi connectivity index (χ2n) is 6.38. The highest BCUT2D eigenvalue weighted by Gasteiger charge is 2.25. The van der Waals surface area contributed by atoms with Gasteiger partial charge in [0.25, 0.3) is 0 Å². The molecule has 1 saturated heterocycles. The van der Waals surface area contributed by atoms with Crippen LogP contribution in [-0.4, -0.2) is 35.7 Å². The van der Waals surface area contributed by atoms with Crippen LogP contribution >= 0.6 is 39.7 Å². The van der Waals surface area contributed by atoms with Gasteiger partial charge in [0.05, 0.1) is 10.7 Å². The Bertz CT molecular complexity index is 766. The van der Waals surface area contributed by atoms with Gasteiger partial charge in [-0.25, -0.2) is 0 Å². The standard InChI is InChI=1S/C19H21BrClN3S/c1-13-3-6-16(7-4-13)24-10-9-23(12-14(24)2)19(25)22-18-8-5-15(20)11-17(18)21/h3-8,11,14H,9-10,12H2,1-2H3,(H,22,25)/t14-/m1/s1. The molecule has 1 fully saturated rings. The maximum atomic E-state index is 6.28. The van der Waals surface area contributed by atoms with Crippen molar-refractivity contribution in [3.05, 3.63) is 57.5 Å². The third-order valence-corrected chi connectivity index (χ3v) is 5.62. The smallest absolute Gasteiger partial charge is 0.173 e.